The average molecular weight is 695 g/mol. The summed E-state index contributed by atoms with van der Waals surface area (Å²) in [5.74, 6) is -1.26. The number of nitriles is 1. The minimum Gasteiger partial charge on any atom is -0.453 e. The van der Waals surface area contributed by atoms with Crippen LogP contribution in [0.5, 0.6) is 11.5 Å². The van der Waals surface area contributed by atoms with E-state index in [1.807, 2.05) is 26.8 Å². The Morgan fingerprint density at radius 2 is 1.88 bits per heavy atom. The summed E-state index contributed by atoms with van der Waals surface area (Å²) in [6, 6.07) is 8.30. The summed E-state index contributed by atoms with van der Waals surface area (Å²) in [5.41, 5.74) is -1.38. The van der Waals surface area contributed by atoms with Crippen molar-refractivity contribution in [2.24, 2.45) is 5.41 Å². The number of aromatic nitrogens is 2. The lowest BCUT2D eigenvalue weighted by Crippen LogP contribution is -2.62. The Balaban J connectivity index is 1.08. The number of nitrogens with zero attached hydrogens (tertiary/aromatic N) is 5. The van der Waals surface area contributed by atoms with Crippen LogP contribution in [0.4, 0.5) is 14.9 Å². The molecule has 1 saturated carbocycles. The molecule has 49 heavy (non-hydrogen) atoms. The minimum absolute atomic E-state index is 0.0562. The first-order valence-electron chi connectivity index (χ1n) is 16.5. The van der Waals surface area contributed by atoms with Crippen LogP contribution in [0.15, 0.2) is 41.5 Å². The second-order valence-electron chi connectivity index (χ2n) is 14.7. The molecule has 4 fully saturated rings. The zero-order valence-corrected chi connectivity index (χ0v) is 28.5. The number of anilines is 1. The Labute approximate surface area is 283 Å². The number of rotatable bonds is 6. The number of likely N-dealkylation sites (tertiary alicyclic amines) is 1. The van der Waals surface area contributed by atoms with Crippen LogP contribution in [0.25, 0.3) is 10.9 Å². The fraction of sp³-hybridized carbons (Fsp3) is 0.529. The zero-order chi connectivity index (χ0) is 34.8. The molecular weight excluding hydrogens is 655 g/mol. The van der Waals surface area contributed by atoms with Crippen molar-refractivity contribution in [1.29, 1.82) is 5.26 Å². The Hall–Kier alpha value is -4.26. The second kappa shape index (κ2) is 12.0. The van der Waals surface area contributed by atoms with E-state index in [1.54, 1.807) is 11.0 Å². The van der Waals surface area contributed by atoms with E-state index in [0.717, 1.165) is 25.3 Å². The first kappa shape index (κ1) is 33.2. The molecule has 15 heteroatoms. The van der Waals surface area contributed by atoms with Gasteiger partial charge in [-0.15, -0.1) is 0 Å². The normalized spacial score (nSPS) is 21.6. The van der Waals surface area contributed by atoms with Crippen molar-refractivity contribution in [3.63, 3.8) is 0 Å². The molecule has 0 radical (unpaired) electrons. The van der Waals surface area contributed by atoms with Gasteiger partial charge < -0.3 is 19.1 Å². The van der Waals surface area contributed by atoms with Crippen molar-refractivity contribution in [3.8, 4) is 17.6 Å². The lowest BCUT2D eigenvalue weighted by atomic mass is 9.65. The molecule has 3 aromatic rings. The molecule has 3 saturated heterocycles. The standard InChI is InChI=1S/C34H39FN6O7S/c1-32(2,3)48-31(43)39-13-11-34(12-14-39)16-22(18-46-34)41-21-37-27-7-5-23(15-24(27)30(41)42)47-29-25(17-36)28(8-6-26(29)35)38-49(44,45)40-19-33(20-40)9-4-10-33/h5-8,15,21-22,38H,4,9-14,16,18-20H2,1-3H3/t22-/m1/s1. The largest absolute Gasteiger partial charge is 0.453 e. The van der Waals surface area contributed by atoms with Crippen molar-refractivity contribution < 1.29 is 31.8 Å². The van der Waals surface area contributed by atoms with Gasteiger partial charge >= 0.3 is 16.3 Å². The van der Waals surface area contributed by atoms with Crippen molar-refractivity contribution in [1.82, 2.24) is 18.8 Å². The third-order valence-corrected chi connectivity index (χ3v) is 11.5. The number of hydrogen-bond acceptors (Lipinski definition) is 9. The smallest absolute Gasteiger partial charge is 0.410 e. The molecule has 3 aliphatic heterocycles. The van der Waals surface area contributed by atoms with Crippen LogP contribution in [0.1, 0.15) is 70.9 Å². The number of ether oxygens (including phenoxy) is 3. The summed E-state index contributed by atoms with van der Waals surface area (Å²) in [4.78, 5) is 32.5. The summed E-state index contributed by atoms with van der Waals surface area (Å²) in [6.07, 6.45) is 5.99. The Morgan fingerprint density at radius 1 is 1.14 bits per heavy atom. The lowest BCUT2D eigenvalue weighted by molar-refractivity contribution is -0.0486. The summed E-state index contributed by atoms with van der Waals surface area (Å²) in [5, 5.41) is 10.2. The van der Waals surface area contributed by atoms with E-state index in [-0.39, 0.29) is 45.5 Å². The van der Waals surface area contributed by atoms with Crippen LogP contribution in [0, 0.1) is 22.6 Å². The summed E-state index contributed by atoms with van der Waals surface area (Å²) >= 11 is 0. The average Bonchev–Trinajstić information content (AvgIpc) is 3.40. The van der Waals surface area contributed by atoms with E-state index in [2.05, 4.69) is 9.71 Å². The van der Waals surface area contributed by atoms with Gasteiger partial charge in [0.05, 0.1) is 41.2 Å². The van der Waals surface area contributed by atoms with Gasteiger partial charge in [-0.05, 0) is 88.6 Å². The van der Waals surface area contributed by atoms with Crippen LogP contribution in [-0.2, 0) is 19.7 Å². The minimum atomic E-state index is -3.96. The summed E-state index contributed by atoms with van der Waals surface area (Å²) in [6.45, 7) is 7.58. The third kappa shape index (κ3) is 6.33. The molecule has 2 aromatic carbocycles. The maximum Gasteiger partial charge on any atom is 0.410 e. The van der Waals surface area contributed by atoms with E-state index in [0.29, 0.717) is 57.6 Å². The van der Waals surface area contributed by atoms with Gasteiger partial charge in [-0.2, -0.15) is 18.0 Å². The predicted molar refractivity (Wildman–Crippen MR) is 177 cm³/mol. The van der Waals surface area contributed by atoms with Crippen LogP contribution >= 0.6 is 0 Å². The number of hydrogen-bond donors (Lipinski definition) is 1. The van der Waals surface area contributed by atoms with E-state index in [9.17, 15) is 23.3 Å². The highest BCUT2D eigenvalue weighted by Crippen LogP contribution is 2.49. The summed E-state index contributed by atoms with van der Waals surface area (Å²) in [7, 11) is -3.96. The fourth-order valence-corrected chi connectivity index (χ4v) is 8.71. The molecule has 4 aliphatic rings. The van der Waals surface area contributed by atoms with Crippen LogP contribution in [-0.4, -0.2) is 77.3 Å². The highest BCUT2D eigenvalue weighted by atomic mass is 32.2. The molecule has 260 valence electrons. The molecule has 1 amide bonds. The Morgan fingerprint density at radius 3 is 2.53 bits per heavy atom. The highest BCUT2D eigenvalue weighted by molar-refractivity contribution is 7.90. The number of piperidine rings is 1. The highest BCUT2D eigenvalue weighted by Gasteiger charge is 2.51. The Kier molecular flexibility index (Phi) is 8.11. The molecule has 1 aromatic heterocycles. The maximum atomic E-state index is 15.1. The molecule has 2 spiro atoms. The summed E-state index contributed by atoms with van der Waals surface area (Å²) < 4.78 is 64.1. The molecule has 1 aliphatic carbocycles. The number of amides is 1. The molecule has 0 bridgehead atoms. The van der Waals surface area contributed by atoms with Crippen molar-refractivity contribution in [2.75, 3.05) is 37.5 Å². The van der Waals surface area contributed by atoms with Gasteiger partial charge in [0.2, 0.25) is 0 Å². The van der Waals surface area contributed by atoms with E-state index < -0.39 is 33.0 Å². The second-order valence-corrected chi connectivity index (χ2v) is 16.4. The molecule has 13 nitrogen and oxygen atoms in total. The van der Waals surface area contributed by atoms with E-state index in [1.165, 1.54) is 33.4 Å². The number of carbonyl (C=O) groups is 1. The van der Waals surface area contributed by atoms with Crippen molar-refractivity contribution >= 4 is 32.9 Å². The van der Waals surface area contributed by atoms with Gasteiger partial charge in [0.25, 0.3) is 5.56 Å². The van der Waals surface area contributed by atoms with Gasteiger partial charge in [-0.25, -0.2) is 14.2 Å². The molecule has 1 atom stereocenters. The van der Waals surface area contributed by atoms with Gasteiger partial charge in [-0.3, -0.25) is 14.1 Å². The molecule has 4 heterocycles. The van der Waals surface area contributed by atoms with Gasteiger partial charge in [-0.1, -0.05) is 6.42 Å². The number of fused-ring (bicyclic) bond motifs is 1. The van der Waals surface area contributed by atoms with Gasteiger partial charge in [0.15, 0.2) is 11.6 Å². The van der Waals surface area contributed by atoms with E-state index in [4.69, 9.17) is 14.2 Å². The Bertz CT molecular complexity index is 2020. The van der Waals surface area contributed by atoms with Gasteiger partial charge in [0, 0.05) is 26.2 Å². The number of benzene rings is 2. The zero-order valence-electron chi connectivity index (χ0n) is 27.7. The maximum absolute atomic E-state index is 15.1. The van der Waals surface area contributed by atoms with Crippen LogP contribution in [0.2, 0.25) is 0 Å². The number of halogens is 1. The monoisotopic (exact) mass is 694 g/mol. The lowest BCUT2D eigenvalue weighted by Gasteiger charge is -2.54. The molecule has 7 rings (SSSR count). The SMILES string of the molecule is CC(C)(C)OC(=O)N1CCC2(CC1)C[C@@H](n1cnc3ccc(Oc4c(F)ccc(NS(=O)(=O)N5CC6(CCC6)C5)c4C#N)cc3c1=O)CO2. The first-order valence-corrected chi connectivity index (χ1v) is 17.9. The predicted octanol–water partition coefficient (Wildman–Crippen LogP) is 5.07. The molecule has 0 unspecified atom stereocenters. The van der Waals surface area contributed by atoms with Crippen LogP contribution in [0.3, 0.4) is 0 Å². The topological polar surface area (TPSA) is 156 Å². The number of carbonyl (C=O) groups excluding carboxylic acids is 1. The number of nitrogens with one attached hydrogen (secondary N) is 1. The third-order valence-electron chi connectivity index (χ3n) is 10.1. The van der Waals surface area contributed by atoms with Gasteiger partial charge in [0.1, 0.15) is 23.0 Å². The molecular formula is C34H39FN6O7S. The van der Waals surface area contributed by atoms with Crippen molar-refractivity contribution in [2.45, 2.75) is 76.5 Å². The van der Waals surface area contributed by atoms with E-state index >= 15 is 4.39 Å². The van der Waals surface area contributed by atoms with Crippen LogP contribution < -0.4 is 15.0 Å². The molecule has 1 N–H and O–H groups in total. The first-order chi connectivity index (χ1) is 23.2. The van der Waals surface area contributed by atoms with Crippen molar-refractivity contribution in [3.05, 3.63) is 58.4 Å². The quantitative estimate of drug-likeness (QED) is 0.372. The fourth-order valence-electron chi connectivity index (χ4n) is 7.25.